The second-order valence-electron chi connectivity index (χ2n) is 6.94. The van der Waals surface area contributed by atoms with Crippen molar-refractivity contribution in [3.05, 3.63) is 12.4 Å². The number of piperidine rings is 1. The number of hydrogen-bond donors (Lipinski definition) is 1. The van der Waals surface area contributed by atoms with Gasteiger partial charge in [0.2, 0.25) is 5.91 Å². The summed E-state index contributed by atoms with van der Waals surface area (Å²) in [6.07, 6.45) is 8.09. The lowest BCUT2D eigenvalue weighted by Crippen LogP contribution is -2.34. The maximum Gasteiger partial charge on any atom is 0.222 e. The number of nitrogens with zero attached hydrogens (tertiary/aromatic N) is 4. The zero-order valence-electron chi connectivity index (χ0n) is 14.2. The predicted molar refractivity (Wildman–Crippen MR) is 91.5 cm³/mol. The fraction of sp³-hybridized carbons (Fsp3) is 0.706. The van der Waals surface area contributed by atoms with E-state index in [-0.39, 0.29) is 5.91 Å². The van der Waals surface area contributed by atoms with E-state index in [1.165, 1.54) is 12.8 Å². The van der Waals surface area contributed by atoms with Crippen LogP contribution in [0.15, 0.2) is 12.4 Å². The van der Waals surface area contributed by atoms with Crippen LogP contribution in [0.4, 0.5) is 11.6 Å². The van der Waals surface area contributed by atoms with Crippen molar-refractivity contribution in [1.29, 1.82) is 0 Å². The van der Waals surface area contributed by atoms with Gasteiger partial charge < -0.3 is 15.1 Å². The van der Waals surface area contributed by atoms with Crippen molar-refractivity contribution in [2.24, 2.45) is 5.92 Å². The quantitative estimate of drug-likeness (QED) is 0.871. The van der Waals surface area contributed by atoms with Crippen molar-refractivity contribution in [3.8, 4) is 0 Å². The average molecular weight is 317 g/mol. The Hall–Kier alpha value is -1.85. The highest BCUT2D eigenvalue weighted by Crippen LogP contribution is 2.28. The SMILES string of the molecule is CN(C)C(=O)CCC1CCN(c2cc(NC3CC3)ncn2)CC1. The first-order valence-corrected chi connectivity index (χ1v) is 8.65. The molecule has 1 aliphatic carbocycles. The molecular formula is C17H27N5O. The number of amides is 1. The first-order valence-electron chi connectivity index (χ1n) is 8.65. The molecule has 0 radical (unpaired) electrons. The molecule has 1 saturated heterocycles. The molecule has 1 N–H and O–H groups in total. The predicted octanol–water partition coefficient (Wildman–Crippen LogP) is 2.14. The van der Waals surface area contributed by atoms with Gasteiger partial charge in [-0.3, -0.25) is 4.79 Å². The van der Waals surface area contributed by atoms with E-state index in [2.05, 4.69) is 26.3 Å². The Morgan fingerprint density at radius 1 is 1.26 bits per heavy atom. The molecule has 0 bridgehead atoms. The molecule has 0 aromatic carbocycles. The first kappa shape index (κ1) is 16.0. The molecule has 3 rings (SSSR count). The monoisotopic (exact) mass is 317 g/mol. The Morgan fingerprint density at radius 2 is 2.00 bits per heavy atom. The molecule has 126 valence electrons. The molecular weight excluding hydrogens is 290 g/mol. The standard InChI is InChI=1S/C17H27N5O/c1-21(2)17(23)6-3-13-7-9-22(10-8-13)16-11-15(18-12-19-16)20-14-4-5-14/h11-14H,3-10H2,1-2H3,(H,18,19,20). The van der Waals surface area contributed by atoms with Gasteiger partial charge in [0.05, 0.1) is 0 Å². The van der Waals surface area contributed by atoms with Gasteiger partial charge in [0.1, 0.15) is 18.0 Å². The fourth-order valence-corrected chi connectivity index (χ4v) is 3.04. The Bertz CT molecular complexity index is 536. The van der Waals surface area contributed by atoms with E-state index in [1.807, 2.05) is 14.1 Å². The van der Waals surface area contributed by atoms with Gasteiger partial charge >= 0.3 is 0 Å². The van der Waals surface area contributed by atoms with Crippen LogP contribution in [0.1, 0.15) is 38.5 Å². The second kappa shape index (κ2) is 7.15. The summed E-state index contributed by atoms with van der Waals surface area (Å²) < 4.78 is 0. The van der Waals surface area contributed by atoms with Gasteiger partial charge in [-0.1, -0.05) is 0 Å². The number of anilines is 2. The topological polar surface area (TPSA) is 61.4 Å². The molecule has 1 amide bonds. The summed E-state index contributed by atoms with van der Waals surface area (Å²) in [6.45, 7) is 2.03. The van der Waals surface area contributed by atoms with E-state index in [0.717, 1.165) is 44.0 Å². The third-order valence-electron chi connectivity index (χ3n) is 4.79. The molecule has 6 heteroatoms. The van der Waals surface area contributed by atoms with Crippen LogP contribution in [0.5, 0.6) is 0 Å². The molecule has 2 heterocycles. The van der Waals surface area contributed by atoms with E-state index in [0.29, 0.717) is 18.4 Å². The first-order chi connectivity index (χ1) is 11.1. The van der Waals surface area contributed by atoms with Gasteiger partial charge in [-0.25, -0.2) is 9.97 Å². The van der Waals surface area contributed by atoms with Crippen molar-refractivity contribution in [2.75, 3.05) is 37.4 Å². The van der Waals surface area contributed by atoms with Crippen LogP contribution >= 0.6 is 0 Å². The van der Waals surface area contributed by atoms with E-state index < -0.39 is 0 Å². The summed E-state index contributed by atoms with van der Waals surface area (Å²) in [7, 11) is 3.65. The molecule has 1 saturated carbocycles. The van der Waals surface area contributed by atoms with Gasteiger partial charge in [-0.2, -0.15) is 0 Å². The molecule has 0 unspecified atom stereocenters. The van der Waals surface area contributed by atoms with Gasteiger partial charge in [-0.05, 0) is 38.0 Å². The van der Waals surface area contributed by atoms with Crippen molar-refractivity contribution >= 4 is 17.5 Å². The van der Waals surface area contributed by atoms with Gasteiger partial charge in [0.25, 0.3) is 0 Å². The van der Waals surface area contributed by atoms with Gasteiger partial charge in [0, 0.05) is 45.7 Å². The zero-order chi connectivity index (χ0) is 16.2. The maximum atomic E-state index is 11.7. The normalized spacial score (nSPS) is 18.8. The van der Waals surface area contributed by atoms with Crippen LogP contribution in [-0.2, 0) is 4.79 Å². The summed E-state index contributed by atoms with van der Waals surface area (Å²) in [5, 5.41) is 3.43. The van der Waals surface area contributed by atoms with Crippen LogP contribution in [0.25, 0.3) is 0 Å². The lowest BCUT2D eigenvalue weighted by atomic mass is 9.92. The number of hydrogen-bond acceptors (Lipinski definition) is 5. The van der Waals surface area contributed by atoms with Crippen LogP contribution in [-0.4, -0.2) is 54.0 Å². The number of carbonyl (C=O) groups is 1. The minimum absolute atomic E-state index is 0.235. The summed E-state index contributed by atoms with van der Waals surface area (Å²) in [5.74, 6) is 2.85. The minimum Gasteiger partial charge on any atom is -0.367 e. The van der Waals surface area contributed by atoms with Crippen molar-refractivity contribution in [2.45, 2.75) is 44.6 Å². The number of aromatic nitrogens is 2. The maximum absolute atomic E-state index is 11.7. The molecule has 23 heavy (non-hydrogen) atoms. The third-order valence-corrected chi connectivity index (χ3v) is 4.79. The summed E-state index contributed by atoms with van der Waals surface area (Å²) >= 11 is 0. The van der Waals surface area contributed by atoms with Crippen molar-refractivity contribution < 1.29 is 4.79 Å². The Kier molecular flexibility index (Phi) is 4.98. The molecule has 6 nitrogen and oxygen atoms in total. The lowest BCUT2D eigenvalue weighted by molar-refractivity contribution is -0.129. The molecule has 1 aromatic heterocycles. The number of nitrogens with one attached hydrogen (secondary N) is 1. The largest absolute Gasteiger partial charge is 0.367 e. The third kappa shape index (κ3) is 4.56. The zero-order valence-corrected chi connectivity index (χ0v) is 14.2. The van der Waals surface area contributed by atoms with Crippen LogP contribution in [0, 0.1) is 5.92 Å². The Labute approximate surface area is 138 Å². The molecule has 0 atom stereocenters. The smallest absolute Gasteiger partial charge is 0.222 e. The van der Waals surface area contributed by atoms with Crippen molar-refractivity contribution in [1.82, 2.24) is 14.9 Å². The summed E-state index contributed by atoms with van der Waals surface area (Å²) in [4.78, 5) is 24.4. The van der Waals surface area contributed by atoms with Gasteiger partial charge in [0.15, 0.2) is 0 Å². The second-order valence-corrected chi connectivity index (χ2v) is 6.94. The minimum atomic E-state index is 0.235. The summed E-state index contributed by atoms with van der Waals surface area (Å²) in [6, 6.07) is 2.67. The van der Waals surface area contributed by atoms with Crippen LogP contribution in [0.2, 0.25) is 0 Å². The van der Waals surface area contributed by atoms with E-state index in [9.17, 15) is 4.79 Å². The Balaban J connectivity index is 1.47. The van der Waals surface area contributed by atoms with Crippen LogP contribution in [0.3, 0.4) is 0 Å². The number of carbonyl (C=O) groups excluding carboxylic acids is 1. The Morgan fingerprint density at radius 3 is 2.65 bits per heavy atom. The molecule has 2 fully saturated rings. The van der Waals surface area contributed by atoms with Gasteiger partial charge in [-0.15, -0.1) is 0 Å². The van der Waals surface area contributed by atoms with E-state index >= 15 is 0 Å². The van der Waals surface area contributed by atoms with Crippen molar-refractivity contribution in [3.63, 3.8) is 0 Å². The number of rotatable bonds is 6. The molecule has 2 aliphatic rings. The highest BCUT2D eigenvalue weighted by atomic mass is 16.2. The van der Waals surface area contributed by atoms with E-state index in [1.54, 1.807) is 11.2 Å². The average Bonchev–Trinajstić information content (AvgIpc) is 3.37. The highest BCUT2D eigenvalue weighted by Gasteiger charge is 2.23. The molecule has 1 aromatic rings. The summed E-state index contributed by atoms with van der Waals surface area (Å²) in [5.41, 5.74) is 0. The fourth-order valence-electron chi connectivity index (χ4n) is 3.04. The lowest BCUT2D eigenvalue weighted by Gasteiger charge is -2.33. The molecule has 1 aliphatic heterocycles. The van der Waals surface area contributed by atoms with E-state index in [4.69, 9.17) is 0 Å². The van der Waals surface area contributed by atoms with Crippen LogP contribution < -0.4 is 10.2 Å². The highest BCUT2D eigenvalue weighted by molar-refractivity contribution is 5.75. The molecule has 0 spiro atoms.